The van der Waals surface area contributed by atoms with Crippen LogP contribution in [-0.2, 0) is 19.2 Å². The van der Waals surface area contributed by atoms with Gasteiger partial charge in [-0.3, -0.25) is 19.2 Å². The van der Waals surface area contributed by atoms with E-state index in [-0.39, 0.29) is 70.1 Å². The predicted octanol–water partition coefficient (Wildman–Crippen LogP) is -2.58. The van der Waals surface area contributed by atoms with Crippen molar-refractivity contribution in [1.29, 1.82) is 0 Å². The first-order chi connectivity index (χ1) is 6.93. The molecule has 0 saturated carbocycles. The Hall–Kier alpha value is -0.200. The van der Waals surface area contributed by atoms with Crippen LogP contribution in [0, 0.1) is 0 Å². The van der Waals surface area contributed by atoms with Crippen LogP contribution < -0.4 is 0 Å². The van der Waals surface area contributed by atoms with Gasteiger partial charge < -0.3 is 31.4 Å². The SMILES string of the molecule is CC(=O)O.CC(=O)O.CC(=O)O.CC(=O)O.O.O.[NaH].[NaH]. The zero-order valence-corrected chi connectivity index (χ0v) is 10.4. The number of carboxylic acids is 4. The number of carboxylic acid groups (broad SMARTS) is 4. The van der Waals surface area contributed by atoms with Gasteiger partial charge in [-0.1, -0.05) is 0 Å². The molecule has 0 aromatic carbocycles. The maximum atomic E-state index is 9.00. The van der Waals surface area contributed by atoms with Crippen LogP contribution in [0.25, 0.3) is 0 Å². The molecule has 0 bridgehead atoms. The molecule has 0 fully saturated rings. The average molecular weight is 324 g/mol. The first-order valence-electron chi connectivity index (χ1n) is 3.71. The number of hydrogen-bond acceptors (Lipinski definition) is 4. The van der Waals surface area contributed by atoms with Crippen LogP contribution in [0.5, 0.6) is 0 Å². The molecule has 10 nitrogen and oxygen atoms in total. The molecule has 12 heteroatoms. The van der Waals surface area contributed by atoms with Crippen molar-refractivity contribution >= 4 is 83.0 Å². The number of aliphatic carboxylic acids is 4. The summed E-state index contributed by atoms with van der Waals surface area (Å²) in [6.45, 7) is 4.33. The Bertz CT molecular complexity index is 167. The summed E-state index contributed by atoms with van der Waals surface area (Å²) in [5.74, 6) is -3.33. The molecule has 0 rings (SSSR count). The Kier molecular flexibility index (Phi) is 108. The minimum atomic E-state index is -0.833. The van der Waals surface area contributed by atoms with Gasteiger partial charge in [-0.15, -0.1) is 0 Å². The molecule has 0 heterocycles. The Balaban J connectivity index is -0.0000000150. The van der Waals surface area contributed by atoms with Crippen LogP contribution in [0.1, 0.15) is 27.7 Å². The third-order valence-electron chi connectivity index (χ3n) is 0. The number of carbonyl (C=O) groups is 4. The maximum absolute atomic E-state index is 9.00. The number of rotatable bonds is 0. The first-order valence-corrected chi connectivity index (χ1v) is 3.71. The first kappa shape index (κ1) is 50.3. The molecule has 116 valence electrons. The molecule has 0 aliphatic heterocycles. The van der Waals surface area contributed by atoms with Gasteiger partial charge in [-0.2, -0.15) is 0 Å². The van der Waals surface area contributed by atoms with Crippen molar-refractivity contribution in [2.45, 2.75) is 27.7 Å². The van der Waals surface area contributed by atoms with E-state index < -0.39 is 23.9 Å². The van der Waals surface area contributed by atoms with Crippen LogP contribution in [0.4, 0.5) is 0 Å². The fourth-order valence-electron chi connectivity index (χ4n) is 0. The van der Waals surface area contributed by atoms with Crippen molar-refractivity contribution in [3.63, 3.8) is 0 Å². The van der Waals surface area contributed by atoms with E-state index in [4.69, 9.17) is 39.6 Å². The van der Waals surface area contributed by atoms with E-state index in [1.807, 2.05) is 0 Å². The summed E-state index contributed by atoms with van der Waals surface area (Å²) in [5.41, 5.74) is 0. The third-order valence-corrected chi connectivity index (χ3v) is 0. The van der Waals surface area contributed by atoms with Gasteiger partial charge >= 0.3 is 59.1 Å². The summed E-state index contributed by atoms with van der Waals surface area (Å²) in [6, 6.07) is 0. The van der Waals surface area contributed by atoms with Crippen LogP contribution in [0.3, 0.4) is 0 Å². The second kappa shape index (κ2) is 42.8. The van der Waals surface area contributed by atoms with E-state index in [0.29, 0.717) is 0 Å². The summed E-state index contributed by atoms with van der Waals surface area (Å²) < 4.78 is 0. The Morgan fingerprint density at radius 3 is 0.500 bits per heavy atom. The third kappa shape index (κ3) is 126000. The zero-order valence-electron chi connectivity index (χ0n) is 10.4. The second-order valence-electron chi connectivity index (χ2n) is 2.08. The van der Waals surface area contributed by atoms with Crippen LogP contribution in [0.2, 0.25) is 0 Å². The Labute approximate surface area is 160 Å². The summed E-state index contributed by atoms with van der Waals surface area (Å²) in [7, 11) is 0. The standard InChI is InChI=1S/4C2H4O2.2Na.2H2O.2H/c4*1-2(3)4;;;;;;/h4*1H3,(H,3,4);;;2*1H2;;. The van der Waals surface area contributed by atoms with Crippen molar-refractivity contribution in [3.05, 3.63) is 0 Å². The van der Waals surface area contributed by atoms with Crippen molar-refractivity contribution in [2.24, 2.45) is 0 Å². The molecule has 0 atom stereocenters. The Morgan fingerprint density at radius 1 is 0.500 bits per heavy atom. The Morgan fingerprint density at radius 2 is 0.500 bits per heavy atom. The average Bonchev–Trinajstić information content (AvgIpc) is 1.76. The molecule has 0 aromatic heterocycles. The fraction of sp³-hybridized carbons (Fsp3) is 0.500. The van der Waals surface area contributed by atoms with E-state index >= 15 is 0 Å². The zero-order chi connectivity index (χ0) is 14.3. The molecular weight excluding hydrogens is 302 g/mol. The molecule has 0 amide bonds. The molecule has 0 radical (unpaired) electrons. The fourth-order valence-corrected chi connectivity index (χ4v) is 0. The molecule has 0 aliphatic rings. The van der Waals surface area contributed by atoms with Gasteiger partial charge in [0, 0.05) is 27.7 Å². The van der Waals surface area contributed by atoms with E-state index in [1.54, 1.807) is 0 Å². The van der Waals surface area contributed by atoms with Crippen LogP contribution in [-0.4, -0.2) is 114 Å². The topological polar surface area (TPSA) is 212 Å². The van der Waals surface area contributed by atoms with Crippen LogP contribution >= 0.6 is 0 Å². The van der Waals surface area contributed by atoms with Gasteiger partial charge in [0.15, 0.2) is 0 Å². The van der Waals surface area contributed by atoms with Gasteiger partial charge in [-0.25, -0.2) is 0 Å². The van der Waals surface area contributed by atoms with Gasteiger partial charge in [0.25, 0.3) is 23.9 Å². The minimum absolute atomic E-state index is 0. The normalized spacial score (nSPS) is 5.00. The van der Waals surface area contributed by atoms with Crippen molar-refractivity contribution < 1.29 is 50.6 Å². The van der Waals surface area contributed by atoms with Crippen molar-refractivity contribution in [3.8, 4) is 0 Å². The number of hydrogen-bond donors (Lipinski definition) is 4. The monoisotopic (exact) mass is 324 g/mol. The second-order valence-corrected chi connectivity index (χ2v) is 2.08. The molecule has 8 N–H and O–H groups in total. The molecule has 0 aliphatic carbocycles. The van der Waals surface area contributed by atoms with Gasteiger partial charge in [0.05, 0.1) is 0 Å². The van der Waals surface area contributed by atoms with E-state index in [1.165, 1.54) is 0 Å². The van der Waals surface area contributed by atoms with Gasteiger partial charge in [0.1, 0.15) is 0 Å². The van der Waals surface area contributed by atoms with E-state index in [9.17, 15) is 0 Å². The summed E-state index contributed by atoms with van der Waals surface area (Å²) >= 11 is 0. The van der Waals surface area contributed by atoms with Crippen molar-refractivity contribution in [2.75, 3.05) is 0 Å². The quantitative estimate of drug-likeness (QED) is 0.346. The molecule has 0 spiro atoms. The van der Waals surface area contributed by atoms with E-state index in [0.717, 1.165) is 27.7 Å². The molecule has 20 heavy (non-hydrogen) atoms. The molecular formula is C8H22Na2O10. The molecule has 0 unspecified atom stereocenters. The van der Waals surface area contributed by atoms with Crippen LogP contribution in [0.15, 0.2) is 0 Å². The van der Waals surface area contributed by atoms with E-state index in [2.05, 4.69) is 0 Å². The molecule has 0 aromatic rings. The predicted molar refractivity (Wildman–Crippen MR) is 74.8 cm³/mol. The van der Waals surface area contributed by atoms with Gasteiger partial charge in [-0.05, 0) is 0 Å². The van der Waals surface area contributed by atoms with Gasteiger partial charge in [0.2, 0.25) is 0 Å². The summed E-state index contributed by atoms with van der Waals surface area (Å²) in [6.07, 6.45) is 0. The summed E-state index contributed by atoms with van der Waals surface area (Å²) in [5, 5.41) is 29.7. The van der Waals surface area contributed by atoms with Crippen molar-refractivity contribution in [1.82, 2.24) is 0 Å². The molecule has 0 saturated heterocycles. The summed E-state index contributed by atoms with van der Waals surface area (Å²) in [4.78, 5) is 36.0.